The third kappa shape index (κ3) is 3.10. The van der Waals surface area contributed by atoms with Crippen LogP contribution in [0, 0.1) is 17.2 Å². The molecule has 0 aliphatic heterocycles. The van der Waals surface area contributed by atoms with E-state index >= 15 is 0 Å². The summed E-state index contributed by atoms with van der Waals surface area (Å²) in [7, 11) is 0. The highest BCUT2D eigenvalue weighted by Gasteiger charge is 2.15. The quantitative estimate of drug-likeness (QED) is 0.762. The van der Waals surface area contributed by atoms with Crippen LogP contribution in [0.2, 0.25) is 0 Å². The molecule has 1 saturated carbocycles. The summed E-state index contributed by atoms with van der Waals surface area (Å²) in [5, 5.41) is 9.03. The molecule has 18 heavy (non-hydrogen) atoms. The molecule has 0 amide bonds. The molecule has 1 aromatic carbocycles. The Hall–Kier alpha value is -1.82. The maximum absolute atomic E-state index is 10.6. The van der Waals surface area contributed by atoms with E-state index in [-0.39, 0.29) is 0 Å². The van der Waals surface area contributed by atoms with Gasteiger partial charge in [0, 0.05) is 5.56 Å². The molecule has 1 aliphatic carbocycles. The van der Waals surface area contributed by atoms with Gasteiger partial charge in [0.15, 0.2) is 0 Å². The zero-order chi connectivity index (χ0) is 12.8. The number of carbonyl (C=O) groups excluding carboxylic acids is 1. The van der Waals surface area contributed by atoms with E-state index in [1.807, 2.05) is 0 Å². The molecule has 94 valence electrons. The molecule has 0 N–H and O–H groups in total. The Kier molecular flexibility index (Phi) is 4.35. The number of aldehydes is 1. The number of rotatable bonds is 4. The average Bonchev–Trinajstić information content (AvgIpc) is 2.46. The first-order valence-corrected chi connectivity index (χ1v) is 6.45. The lowest BCUT2D eigenvalue weighted by molar-refractivity contribution is 0.112. The zero-order valence-corrected chi connectivity index (χ0v) is 10.4. The lowest BCUT2D eigenvalue weighted by Crippen LogP contribution is -2.15. The number of carbonyl (C=O) groups is 1. The minimum absolute atomic E-state index is 0.440. The van der Waals surface area contributed by atoms with Crippen molar-refractivity contribution < 1.29 is 9.53 Å². The summed E-state index contributed by atoms with van der Waals surface area (Å²) >= 11 is 0. The summed E-state index contributed by atoms with van der Waals surface area (Å²) in [6.45, 7) is 0.676. The molecule has 0 radical (unpaired) electrons. The number of benzene rings is 1. The molecule has 0 atom stereocenters. The van der Waals surface area contributed by atoms with Gasteiger partial charge in [-0.25, -0.2) is 0 Å². The van der Waals surface area contributed by atoms with Gasteiger partial charge in [0.05, 0.1) is 12.2 Å². The van der Waals surface area contributed by atoms with E-state index in [0.717, 1.165) is 6.29 Å². The SMILES string of the molecule is N#Cc1cc(C=O)ccc1OCC1CCCCC1. The normalized spacial score (nSPS) is 15.9. The summed E-state index contributed by atoms with van der Waals surface area (Å²) in [4.78, 5) is 10.6. The molecule has 3 heteroatoms. The molecule has 0 spiro atoms. The fourth-order valence-corrected chi connectivity index (χ4v) is 2.40. The second kappa shape index (κ2) is 6.20. The van der Waals surface area contributed by atoms with Crippen molar-refractivity contribution in [1.82, 2.24) is 0 Å². The van der Waals surface area contributed by atoms with Crippen molar-refractivity contribution in [2.24, 2.45) is 5.92 Å². The number of nitrogens with zero attached hydrogens (tertiary/aromatic N) is 1. The third-order valence-corrected chi connectivity index (χ3v) is 3.46. The van der Waals surface area contributed by atoms with Gasteiger partial charge in [-0.15, -0.1) is 0 Å². The minimum Gasteiger partial charge on any atom is -0.492 e. The average molecular weight is 243 g/mol. The summed E-state index contributed by atoms with van der Waals surface area (Å²) < 4.78 is 5.73. The van der Waals surface area contributed by atoms with Gasteiger partial charge in [0.25, 0.3) is 0 Å². The third-order valence-electron chi connectivity index (χ3n) is 3.46. The number of ether oxygens (including phenoxy) is 1. The maximum Gasteiger partial charge on any atom is 0.150 e. The predicted molar refractivity (Wildman–Crippen MR) is 68.6 cm³/mol. The molecule has 1 fully saturated rings. The first-order chi connectivity index (χ1) is 8.83. The van der Waals surface area contributed by atoms with Gasteiger partial charge in [-0.3, -0.25) is 4.79 Å². The standard InChI is InChI=1S/C15H17NO2/c16-9-14-8-13(10-17)6-7-15(14)18-11-12-4-2-1-3-5-12/h6-8,10,12H,1-5,11H2. The summed E-state index contributed by atoms with van der Waals surface area (Å²) in [5.74, 6) is 1.20. The molecule has 1 aliphatic rings. The van der Waals surface area contributed by atoms with E-state index in [4.69, 9.17) is 10.00 Å². The Balaban J connectivity index is 2.00. The van der Waals surface area contributed by atoms with E-state index in [9.17, 15) is 4.79 Å². The van der Waals surface area contributed by atoms with E-state index in [1.165, 1.54) is 32.1 Å². The van der Waals surface area contributed by atoms with E-state index in [1.54, 1.807) is 18.2 Å². The molecule has 0 bridgehead atoms. The smallest absolute Gasteiger partial charge is 0.150 e. The Labute approximate surface area is 107 Å². The van der Waals surface area contributed by atoms with Crippen molar-refractivity contribution in [3.05, 3.63) is 29.3 Å². The lowest BCUT2D eigenvalue weighted by Gasteiger charge is -2.21. The van der Waals surface area contributed by atoms with Crippen molar-refractivity contribution in [2.75, 3.05) is 6.61 Å². The Bertz CT molecular complexity index is 456. The maximum atomic E-state index is 10.6. The number of hydrogen-bond acceptors (Lipinski definition) is 3. The summed E-state index contributed by atoms with van der Waals surface area (Å²) in [6.07, 6.45) is 7.06. The van der Waals surface area contributed by atoms with Crippen LogP contribution in [-0.2, 0) is 0 Å². The highest BCUT2D eigenvalue weighted by molar-refractivity contribution is 5.76. The van der Waals surface area contributed by atoms with Crippen molar-refractivity contribution in [3.8, 4) is 11.8 Å². The molecule has 0 unspecified atom stereocenters. The topological polar surface area (TPSA) is 50.1 Å². The highest BCUT2D eigenvalue weighted by atomic mass is 16.5. The second-order valence-electron chi connectivity index (χ2n) is 4.80. The molecular weight excluding hydrogens is 226 g/mol. The number of nitriles is 1. The van der Waals surface area contributed by atoms with Crippen LogP contribution in [0.5, 0.6) is 5.75 Å². The van der Waals surface area contributed by atoms with Gasteiger partial charge < -0.3 is 4.74 Å². The molecule has 2 rings (SSSR count). The van der Waals surface area contributed by atoms with Crippen LogP contribution >= 0.6 is 0 Å². The molecule has 0 aromatic heterocycles. The fraction of sp³-hybridized carbons (Fsp3) is 0.467. The first kappa shape index (κ1) is 12.6. The zero-order valence-electron chi connectivity index (χ0n) is 10.4. The molecule has 1 aromatic rings. The Morgan fingerprint density at radius 3 is 2.78 bits per heavy atom. The van der Waals surface area contributed by atoms with Crippen LogP contribution in [0.3, 0.4) is 0 Å². The van der Waals surface area contributed by atoms with Gasteiger partial charge in [-0.05, 0) is 37.0 Å². The van der Waals surface area contributed by atoms with Crippen LogP contribution < -0.4 is 4.74 Å². The molecule has 3 nitrogen and oxygen atoms in total. The second-order valence-corrected chi connectivity index (χ2v) is 4.80. The van der Waals surface area contributed by atoms with E-state index in [0.29, 0.717) is 29.4 Å². The Morgan fingerprint density at radius 1 is 1.33 bits per heavy atom. The van der Waals surface area contributed by atoms with Crippen LogP contribution in [0.1, 0.15) is 48.0 Å². The van der Waals surface area contributed by atoms with Gasteiger partial charge in [0.1, 0.15) is 18.1 Å². The van der Waals surface area contributed by atoms with E-state index in [2.05, 4.69) is 6.07 Å². The molecular formula is C15H17NO2. The van der Waals surface area contributed by atoms with Crippen LogP contribution in [0.25, 0.3) is 0 Å². The van der Waals surface area contributed by atoms with Crippen LogP contribution in [0.15, 0.2) is 18.2 Å². The van der Waals surface area contributed by atoms with Crippen molar-refractivity contribution >= 4 is 6.29 Å². The predicted octanol–water partition coefficient (Wildman–Crippen LogP) is 3.33. The summed E-state index contributed by atoms with van der Waals surface area (Å²) in [6, 6.07) is 7.04. The number of hydrogen-bond donors (Lipinski definition) is 0. The monoisotopic (exact) mass is 243 g/mol. The van der Waals surface area contributed by atoms with Gasteiger partial charge in [-0.2, -0.15) is 5.26 Å². The van der Waals surface area contributed by atoms with Crippen molar-refractivity contribution in [1.29, 1.82) is 5.26 Å². The highest BCUT2D eigenvalue weighted by Crippen LogP contribution is 2.26. The fourth-order valence-electron chi connectivity index (χ4n) is 2.40. The summed E-state index contributed by atoms with van der Waals surface area (Å²) in [5.41, 5.74) is 0.951. The minimum atomic E-state index is 0.440. The lowest BCUT2D eigenvalue weighted by atomic mass is 9.90. The van der Waals surface area contributed by atoms with Gasteiger partial charge >= 0.3 is 0 Å². The van der Waals surface area contributed by atoms with E-state index < -0.39 is 0 Å². The van der Waals surface area contributed by atoms with Crippen LogP contribution in [0.4, 0.5) is 0 Å². The largest absolute Gasteiger partial charge is 0.492 e. The van der Waals surface area contributed by atoms with Crippen molar-refractivity contribution in [3.63, 3.8) is 0 Å². The Morgan fingerprint density at radius 2 is 2.11 bits per heavy atom. The molecule has 0 heterocycles. The van der Waals surface area contributed by atoms with Crippen molar-refractivity contribution in [2.45, 2.75) is 32.1 Å². The van der Waals surface area contributed by atoms with Gasteiger partial charge in [-0.1, -0.05) is 19.3 Å². The first-order valence-electron chi connectivity index (χ1n) is 6.45. The van der Waals surface area contributed by atoms with Crippen LogP contribution in [-0.4, -0.2) is 12.9 Å². The van der Waals surface area contributed by atoms with Gasteiger partial charge in [0.2, 0.25) is 0 Å². The molecule has 0 saturated heterocycles.